The van der Waals surface area contributed by atoms with E-state index in [0.717, 1.165) is 12.8 Å². The van der Waals surface area contributed by atoms with Crippen molar-refractivity contribution in [1.29, 1.82) is 0 Å². The van der Waals surface area contributed by atoms with Gasteiger partial charge in [0.25, 0.3) is 17.7 Å². The highest BCUT2D eigenvalue weighted by atomic mass is 16.6. The highest BCUT2D eigenvalue weighted by molar-refractivity contribution is 6.39. The van der Waals surface area contributed by atoms with Crippen molar-refractivity contribution in [3.05, 3.63) is 36.8 Å². The van der Waals surface area contributed by atoms with Gasteiger partial charge in [-0.05, 0) is 165 Å². The van der Waals surface area contributed by atoms with Crippen LogP contribution in [-0.4, -0.2) is 231 Å². The maximum Gasteiger partial charge on any atom is 0.329 e. The number of nitrogens with zero attached hydrogens (tertiary/aromatic N) is 3. The number of Topliss-reactive ketones (excluding diaryl/α,β-unsaturated/α-hetero) is 3. The zero-order valence-electron chi connectivity index (χ0n) is 83.2. The van der Waals surface area contributed by atoms with Gasteiger partial charge in [-0.15, -0.1) is 6.58 Å². The van der Waals surface area contributed by atoms with E-state index in [1.807, 2.05) is 55.4 Å². The monoisotopic (exact) mass is 1860 g/mol. The van der Waals surface area contributed by atoms with E-state index in [4.69, 9.17) is 30.1 Å². The minimum Gasteiger partial charge on any atom is -0.466 e. The summed E-state index contributed by atoms with van der Waals surface area (Å²) in [6, 6.07) is -10.7. The van der Waals surface area contributed by atoms with E-state index in [2.05, 4.69) is 59.7 Å². The summed E-state index contributed by atoms with van der Waals surface area (Å²) in [4.78, 5) is 240. The Labute approximate surface area is 777 Å². The van der Waals surface area contributed by atoms with Crippen molar-refractivity contribution in [2.75, 3.05) is 26.2 Å². The quantitative estimate of drug-likeness (QED) is 0.0147. The van der Waals surface area contributed by atoms with Gasteiger partial charge in [-0.25, -0.2) is 28.8 Å². The third kappa shape index (κ3) is 28.1. The minimum absolute atomic E-state index is 0.0436. The summed E-state index contributed by atoms with van der Waals surface area (Å²) in [5.41, 5.74) is 6.12. The Morgan fingerprint density at radius 3 is 1.15 bits per heavy atom. The highest BCUT2D eigenvalue weighted by Gasteiger charge is 2.73. The SMILES string of the molecule is C=CCNC(=O)C(=O)C(CCC)NC(=O)[C@@H]1[C@@H]2[C@H](CN1C(=O)[C@@H](NC(=O)N[C@H](C(=O)OCc1ccco1)C(C)C)C(C)(C)C)C2(C)C.CC(C)[C@H](NC(=O)N[C@H](C(=O)N1C[C@H]2[C@@H]([C@H]1C(=O)NC(CC1CC1)C(=O)C(N)=O)C2(C)C)C(C)C)C(=O)OC(C)(C)C.CCCC(NC(=O)[C@@H]1[C@@H]2[C@H](CN1C(=O)[C@@H](NC(=O)N[C@H](C(=O)OC(C)(C)C)C(C)(C)C)C(C)(C)C)C2(C)C)C(=O)C(N)=O. The number of fused-ring (bicyclic) bond motifs is 3. The molecule has 740 valence electrons. The van der Waals surface area contributed by atoms with Crippen LogP contribution < -0.4 is 64.6 Å². The van der Waals surface area contributed by atoms with Crippen LogP contribution in [0.5, 0.6) is 0 Å². The summed E-state index contributed by atoms with van der Waals surface area (Å²) >= 11 is 0. The molecule has 3 unspecified atom stereocenters. The predicted octanol–water partition coefficient (Wildman–Crippen LogP) is 6.48. The number of ketones is 3. The number of piperidine rings is 3. The van der Waals surface area contributed by atoms with Crippen LogP contribution >= 0.6 is 0 Å². The van der Waals surface area contributed by atoms with E-state index in [0.29, 0.717) is 44.7 Å². The molecule has 7 fully saturated rings. The molecular weight excluding hydrogens is 1700 g/mol. The second-order valence-electron chi connectivity index (χ2n) is 44.6. The van der Waals surface area contributed by atoms with E-state index in [-0.39, 0.29) is 101 Å². The molecule has 3 aliphatic heterocycles. The molecule has 0 bridgehead atoms. The van der Waals surface area contributed by atoms with Crippen LogP contribution in [0.4, 0.5) is 14.4 Å². The van der Waals surface area contributed by atoms with Gasteiger partial charge >= 0.3 is 36.0 Å². The molecule has 4 saturated carbocycles. The Bertz CT molecular complexity index is 4440. The summed E-state index contributed by atoms with van der Waals surface area (Å²) in [5, 5.41) is 26.9. The molecule has 37 heteroatoms. The number of hydrogen-bond donors (Lipinski definition) is 12. The van der Waals surface area contributed by atoms with E-state index in [9.17, 15) is 86.3 Å². The molecule has 0 spiro atoms. The lowest BCUT2D eigenvalue weighted by atomic mass is 9.85. The summed E-state index contributed by atoms with van der Waals surface area (Å²) in [6.07, 6.45) is 6.61. The molecule has 1 aromatic rings. The number of furan rings is 1. The first-order valence-electron chi connectivity index (χ1n) is 46.3. The zero-order valence-corrected chi connectivity index (χ0v) is 83.2. The number of ether oxygens (including phenoxy) is 3. The molecule has 18 atom stereocenters. The molecule has 4 heterocycles. The molecule has 37 nitrogen and oxygen atoms in total. The van der Waals surface area contributed by atoms with Gasteiger partial charge in [0.15, 0.2) is 0 Å². The molecule has 14 N–H and O–H groups in total. The first-order valence-corrected chi connectivity index (χ1v) is 46.3. The number of primary amides is 2. The number of nitrogens with two attached hydrogens (primary N) is 2. The number of hydrogen-bond acceptors (Lipinski definition) is 22. The fourth-order valence-electron chi connectivity index (χ4n) is 18.2. The number of carbonyl (C=O) groups is 18. The Kier molecular flexibility index (Phi) is 36.1. The van der Waals surface area contributed by atoms with Crippen molar-refractivity contribution in [2.24, 2.45) is 103 Å². The maximum atomic E-state index is 14.2. The van der Waals surface area contributed by atoms with Gasteiger partial charge in [-0.1, -0.05) is 191 Å². The number of likely N-dealkylation sites (tertiary alicyclic amines) is 3. The van der Waals surface area contributed by atoms with Crippen LogP contribution in [0.3, 0.4) is 0 Å². The third-order valence-corrected chi connectivity index (χ3v) is 26.3. The van der Waals surface area contributed by atoms with Crippen LogP contribution in [0.1, 0.15) is 251 Å². The summed E-state index contributed by atoms with van der Waals surface area (Å²) in [6.45, 7) is 57.5. The Morgan fingerprint density at radius 1 is 0.462 bits per heavy atom. The van der Waals surface area contributed by atoms with E-state index in [1.54, 1.807) is 158 Å². The molecule has 4 aliphatic carbocycles. The van der Waals surface area contributed by atoms with E-state index < -0.39 is 206 Å². The number of urea groups is 3. The lowest BCUT2D eigenvalue weighted by Crippen LogP contribution is -2.63. The predicted molar refractivity (Wildman–Crippen MR) is 489 cm³/mol. The second kappa shape index (κ2) is 43.2. The minimum atomic E-state index is -1.13. The maximum absolute atomic E-state index is 14.2. The van der Waals surface area contributed by atoms with E-state index >= 15 is 0 Å². The third-order valence-electron chi connectivity index (χ3n) is 26.3. The molecule has 0 radical (unpaired) electrons. The molecule has 3 saturated heterocycles. The first kappa shape index (κ1) is 110. The van der Waals surface area contributed by atoms with Crippen molar-refractivity contribution >= 4 is 107 Å². The number of carbonyl (C=O) groups excluding carboxylic acids is 18. The Hall–Kier alpha value is -10.5. The van der Waals surface area contributed by atoms with Crippen molar-refractivity contribution < 1.29 is 105 Å². The second-order valence-corrected chi connectivity index (χ2v) is 44.6. The van der Waals surface area contributed by atoms with Gasteiger partial charge in [0.1, 0.15) is 77.9 Å². The Morgan fingerprint density at radius 2 is 0.803 bits per heavy atom. The van der Waals surface area contributed by atoms with Crippen LogP contribution in [0.2, 0.25) is 0 Å². The fraction of sp³-hybridized carbons (Fsp3) is 0.747. The zero-order chi connectivity index (χ0) is 101. The number of rotatable bonds is 37. The number of amides is 15. The average molecular weight is 1860 g/mol. The van der Waals surface area contributed by atoms with E-state index in [1.165, 1.54) is 27.0 Å². The van der Waals surface area contributed by atoms with Crippen molar-refractivity contribution in [3.63, 3.8) is 0 Å². The Balaban J connectivity index is 0.000000305. The normalized spacial score (nSPS) is 23.1. The van der Waals surface area contributed by atoms with Gasteiger partial charge in [0.2, 0.25) is 52.8 Å². The van der Waals surface area contributed by atoms with Crippen LogP contribution in [0, 0.1) is 91.7 Å². The first-order chi connectivity index (χ1) is 60.5. The number of esters is 3. The summed E-state index contributed by atoms with van der Waals surface area (Å²) < 4.78 is 21.5. The van der Waals surface area contributed by atoms with Crippen LogP contribution in [0.25, 0.3) is 0 Å². The fourth-order valence-corrected chi connectivity index (χ4v) is 18.2. The van der Waals surface area contributed by atoms with Crippen molar-refractivity contribution in [2.45, 2.75) is 336 Å². The van der Waals surface area contributed by atoms with Crippen LogP contribution in [-0.2, 0) is 92.7 Å². The van der Waals surface area contributed by atoms with Crippen molar-refractivity contribution in [3.8, 4) is 0 Å². The summed E-state index contributed by atoms with van der Waals surface area (Å²) in [7, 11) is 0. The topological polar surface area (TPSA) is 530 Å². The molecular formula is C95H153N15O22. The molecule has 0 aromatic carbocycles. The molecule has 1 aromatic heterocycles. The summed E-state index contributed by atoms with van der Waals surface area (Å²) in [5.74, 6) is -10.8. The van der Waals surface area contributed by atoms with Gasteiger partial charge < -0.3 is 98.0 Å². The van der Waals surface area contributed by atoms with Crippen molar-refractivity contribution in [1.82, 2.24) is 67.9 Å². The lowest BCUT2D eigenvalue weighted by Gasteiger charge is -2.38. The molecule has 132 heavy (non-hydrogen) atoms. The lowest BCUT2D eigenvalue weighted by molar-refractivity contribution is -0.160. The van der Waals surface area contributed by atoms with Gasteiger partial charge in [0, 0.05) is 26.2 Å². The van der Waals surface area contributed by atoms with Crippen LogP contribution in [0.15, 0.2) is 35.5 Å². The molecule has 8 rings (SSSR count). The smallest absolute Gasteiger partial charge is 0.329 e. The number of nitrogens with one attached hydrogen (secondary N) is 10. The standard InChI is InChI=1S/C34H51N5O8.C31H53N5O7.C30H49N5O7/c1-10-13-22(26(40)29(42)35-15-11-2)36-28(41)25-23-21(34(23,8)9)17-39(25)30(43)27(33(5,6)7)38-32(45)37-24(19(3)4)31(44)47-18-20-14-12-16-46-20;1-13-14-17(20(37)23(32)38)33-24(39)19-18-16(31(18,11)12)15-36(19)25(40)21(28(2,3)4)34-27(42)35-22(29(5,6)7)26(41)43-30(8,9)10;1-14(2)20(33-28(41)34-21(15(3)4)27(40)42-29(5,6)7)26(39)35-13-17-19(30(17,8)9)22(35)25(38)32-18(12-16-10-11-16)23(36)24(31)37/h11-12,14,16,19,21-25,27H,2,10,13,15,17-18H2,1,3-9H3,(H,35,42)(H,36,41)(H2,37,38,45);16-19,21-22H,13-15H2,1-12H3,(H2,32,38)(H,33,39)(H2,34,35,42);14-22H,10-13H2,1-9H3,(H2,31,37)(H,32,38)(H2,33,34,41)/t21-,22?,23-,24-,25-,27+;16-,17?,18-,19-,21+,22+;17-,18?,19-,20-,21-,22-/m000/s1. The van der Waals surface area contributed by atoms with Gasteiger partial charge in [-0.2, -0.15) is 0 Å². The highest BCUT2D eigenvalue weighted by Crippen LogP contribution is 2.67. The average Bonchev–Trinajstić information content (AvgIpc) is 1.53. The molecule has 15 amide bonds. The van der Waals surface area contributed by atoms with Gasteiger partial charge in [0.05, 0.1) is 24.4 Å². The largest absolute Gasteiger partial charge is 0.466 e. The van der Waals surface area contributed by atoms with Gasteiger partial charge in [-0.3, -0.25) is 57.5 Å². The molecule has 7 aliphatic rings.